The molecule has 1 aromatic rings. The van der Waals surface area contributed by atoms with Gasteiger partial charge in [-0.15, -0.1) is 0 Å². The van der Waals surface area contributed by atoms with E-state index in [9.17, 15) is 4.79 Å². The van der Waals surface area contributed by atoms with Crippen LogP contribution in [-0.4, -0.2) is 17.9 Å². The average Bonchev–Trinajstić information content (AvgIpc) is 2.10. The van der Waals surface area contributed by atoms with Crippen LogP contribution < -0.4 is 5.32 Å². The number of halogens is 2. The van der Waals surface area contributed by atoms with Gasteiger partial charge >= 0.3 is 0 Å². The Kier molecular flexibility index (Phi) is 5.05. The molecule has 1 rings (SSSR count). The molecule has 0 fully saturated rings. The molecule has 1 amide bonds. The Morgan fingerprint density at radius 1 is 1.64 bits per heavy atom. The van der Waals surface area contributed by atoms with Crippen molar-refractivity contribution in [2.24, 2.45) is 0 Å². The Labute approximate surface area is 106 Å². The van der Waals surface area contributed by atoms with E-state index in [0.29, 0.717) is 10.8 Å². The standard InChI is InChI=1S/C9H9ClINOS/c1-14-5-9(13)12-8-3-2-6(10)4-7(8)11/h2-4H,5H2,1H3,(H,12,13). The fraction of sp³-hybridized carbons (Fsp3) is 0.222. The second-order valence-electron chi connectivity index (χ2n) is 2.61. The number of benzene rings is 1. The third-order valence-electron chi connectivity index (χ3n) is 1.48. The normalized spacial score (nSPS) is 9.93. The van der Waals surface area contributed by atoms with Crippen molar-refractivity contribution in [2.75, 3.05) is 17.3 Å². The molecule has 0 radical (unpaired) electrons. The second kappa shape index (κ2) is 5.82. The minimum Gasteiger partial charge on any atom is -0.324 e. The summed E-state index contributed by atoms with van der Waals surface area (Å²) in [6.07, 6.45) is 1.90. The molecule has 0 aromatic heterocycles. The molecule has 1 N–H and O–H groups in total. The Balaban J connectivity index is 2.72. The third kappa shape index (κ3) is 3.67. The summed E-state index contributed by atoms with van der Waals surface area (Å²) in [4.78, 5) is 11.3. The molecule has 0 saturated heterocycles. The Morgan fingerprint density at radius 2 is 2.36 bits per heavy atom. The fourth-order valence-corrected chi connectivity index (χ4v) is 2.25. The van der Waals surface area contributed by atoms with Gasteiger partial charge in [0.25, 0.3) is 0 Å². The number of amides is 1. The zero-order valence-corrected chi connectivity index (χ0v) is 11.2. The van der Waals surface area contributed by atoms with Gasteiger partial charge in [-0.3, -0.25) is 4.79 Å². The SMILES string of the molecule is CSCC(=O)Nc1ccc(Cl)cc1I. The van der Waals surface area contributed by atoms with Crippen LogP contribution in [0.3, 0.4) is 0 Å². The number of nitrogens with one attached hydrogen (secondary N) is 1. The molecular formula is C9H9ClINOS. The van der Waals surface area contributed by atoms with Crippen molar-refractivity contribution in [1.82, 2.24) is 0 Å². The van der Waals surface area contributed by atoms with Crippen LogP contribution in [0.1, 0.15) is 0 Å². The maximum Gasteiger partial charge on any atom is 0.234 e. The number of hydrogen-bond donors (Lipinski definition) is 1. The third-order valence-corrected chi connectivity index (χ3v) is 3.16. The van der Waals surface area contributed by atoms with Crippen molar-refractivity contribution in [3.63, 3.8) is 0 Å². The quantitative estimate of drug-likeness (QED) is 0.855. The smallest absolute Gasteiger partial charge is 0.234 e. The molecule has 5 heteroatoms. The molecule has 0 bridgehead atoms. The molecule has 0 aliphatic carbocycles. The number of carbonyl (C=O) groups excluding carboxylic acids is 1. The van der Waals surface area contributed by atoms with Crippen molar-refractivity contribution >= 4 is 57.5 Å². The molecule has 0 spiro atoms. The van der Waals surface area contributed by atoms with Gasteiger partial charge < -0.3 is 5.32 Å². The van der Waals surface area contributed by atoms with Gasteiger partial charge in [0.15, 0.2) is 0 Å². The average molecular weight is 342 g/mol. The van der Waals surface area contributed by atoms with E-state index in [1.807, 2.05) is 18.4 Å². The lowest BCUT2D eigenvalue weighted by molar-refractivity contribution is -0.113. The molecule has 0 saturated carbocycles. The lowest BCUT2D eigenvalue weighted by Gasteiger charge is -2.06. The van der Waals surface area contributed by atoms with Crippen LogP contribution >= 0.6 is 46.0 Å². The van der Waals surface area contributed by atoms with Crippen LogP contribution in [0.5, 0.6) is 0 Å². The van der Waals surface area contributed by atoms with Crippen molar-refractivity contribution in [3.05, 3.63) is 26.8 Å². The van der Waals surface area contributed by atoms with Gasteiger partial charge in [-0.2, -0.15) is 11.8 Å². The number of thioether (sulfide) groups is 1. The number of carbonyl (C=O) groups is 1. The number of anilines is 1. The van der Waals surface area contributed by atoms with E-state index in [1.54, 1.807) is 6.07 Å². The highest BCUT2D eigenvalue weighted by Crippen LogP contribution is 2.22. The molecular weight excluding hydrogens is 333 g/mol. The van der Waals surface area contributed by atoms with Crippen LogP contribution in [0, 0.1) is 3.57 Å². The minimum atomic E-state index is 0.0118. The van der Waals surface area contributed by atoms with Gasteiger partial charge in [-0.05, 0) is 47.0 Å². The van der Waals surface area contributed by atoms with Gasteiger partial charge in [-0.25, -0.2) is 0 Å². The fourth-order valence-electron chi connectivity index (χ4n) is 0.908. The lowest BCUT2D eigenvalue weighted by atomic mass is 10.3. The molecule has 14 heavy (non-hydrogen) atoms. The van der Waals surface area contributed by atoms with Gasteiger partial charge in [0.05, 0.1) is 11.4 Å². The highest BCUT2D eigenvalue weighted by Gasteiger charge is 2.04. The Bertz CT molecular complexity index is 346. The van der Waals surface area contributed by atoms with Gasteiger partial charge in [-0.1, -0.05) is 11.6 Å². The summed E-state index contributed by atoms with van der Waals surface area (Å²) in [5, 5.41) is 3.49. The summed E-state index contributed by atoms with van der Waals surface area (Å²) in [6, 6.07) is 5.39. The van der Waals surface area contributed by atoms with E-state index in [2.05, 4.69) is 27.9 Å². The van der Waals surface area contributed by atoms with E-state index < -0.39 is 0 Å². The van der Waals surface area contributed by atoms with E-state index in [1.165, 1.54) is 11.8 Å². The topological polar surface area (TPSA) is 29.1 Å². The minimum absolute atomic E-state index is 0.0118. The van der Waals surface area contributed by atoms with Crippen molar-refractivity contribution in [3.8, 4) is 0 Å². The molecule has 0 aliphatic rings. The summed E-state index contributed by atoms with van der Waals surface area (Å²) in [5.74, 6) is 0.483. The monoisotopic (exact) mass is 341 g/mol. The number of rotatable bonds is 3. The maximum absolute atomic E-state index is 11.3. The predicted octanol–water partition coefficient (Wildman–Crippen LogP) is 3.25. The lowest BCUT2D eigenvalue weighted by Crippen LogP contribution is -2.14. The summed E-state index contributed by atoms with van der Waals surface area (Å²) >= 11 is 9.43. The second-order valence-corrected chi connectivity index (χ2v) is 5.07. The molecule has 76 valence electrons. The van der Waals surface area contributed by atoms with Crippen LogP contribution in [0.2, 0.25) is 5.02 Å². The summed E-state index contributed by atoms with van der Waals surface area (Å²) in [7, 11) is 0. The van der Waals surface area contributed by atoms with Gasteiger partial charge in [0.2, 0.25) is 5.91 Å². The van der Waals surface area contributed by atoms with Gasteiger partial charge in [0.1, 0.15) is 0 Å². The van der Waals surface area contributed by atoms with Crippen molar-refractivity contribution in [2.45, 2.75) is 0 Å². The Hall–Kier alpha value is 0.0600. The Morgan fingerprint density at radius 3 is 2.93 bits per heavy atom. The van der Waals surface area contributed by atoms with Crippen LogP contribution in [0.25, 0.3) is 0 Å². The molecule has 1 aromatic carbocycles. The summed E-state index contributed by atoms with van der Waals surface area (Å²) < 4.78 is 0.949. The van der Waals surface area contributed by atoms with E-state index in [4.69, 9.17) is 11.6 Å². The zero-order valence-electron chi connectivity index (χ0n) is 7.51. The van der Waals surface area contributed by atoms with Crippen molar-refractivity contribution < 1.29 is 4.79 Å². The van der Waals surface area contributed by atoms with Crippen LogP contribution in [0.15, 0.2) is 18.2 Å². The van der Waals surface area contributed by atoms with Crippen molar-refractivity contribution in [1.29, 1.82) is 0 Å². The molecule has 0 heterocycles. The first-order chi connectivity index (χ1) is 6.63. The molecule has 0 aliphatic heterocycles. The highest BCUT2D eigenvalue weighted by atomic mass is 127. The van der Waals surface area contributed by atoms with Crippen LogP contribution in [-0.2, 0) is 4.79 Å². The van der Waals surface area contributed by atoms with Gasteiger partial charge in [0, 0.05) is 8.59 Å². The number of hydrogen-bond acceptors (Lipinski definition) is 2. The first-order valence-electron chi connectivity index (χ1n) is 3.87. The van der Waals surface area contributed by atoms with E-state index >= 15 is 0 Å². The first kappa shape index (κ1) is 12.1. The zero-order chi connectivity index (χ0) is 10.6. The highest BCUT2D eigenvalue weighted by molar-refractivity contribution is 14.1. The largest absolute Gasteiger partial charge is 0.324 e. The van der Waals surface area contributed by atoms with Crippen LogP contribution in [0.4, 0.5) is 5.69 Å². The molecule has 0 unspecified atom stereocenters. The summed E-state index contributed by atoms with van der Waals surface area (Å²) in [5.41, 5.74) is 0.814. The molecule has 2 nitrogen and oxygen atoms in total. The van der Waals surface area contributed by atoms with E-state index in [0.717, 1.165) is 9.26 Å². The first-order valence-corrected chi connectivity index (χ1v) is 6.72. The predicted molar refractivity (Wildman–Crippen MR) is 71.2 cm³/mol. The maximum atomic E-state index is 11.3. The summed E-state index contributed by atoms with van der Waals surface area (Å²) in [6.45, 7) is 0. The molecule has 0 atom stereocenters. The van der Waals surface area contributed by atoms with E-state index in [-0.39, 0.29) is 5.91 Å².